The first-order valence-corrected chi connectivity index (χ1v) is 24.7. The number of nitrogens with zero attached hydrogens (tertiary/aromatic N) is 6. The van der Waals surface area contributed by atoms with Crippen LogP contribution in [0.15, 0.2) is 41.4 Å². The second-order valence-corrected chi connectivity index (χ2v) is 18.9. The van der Waals surface area contributed by atoms with Gasteiger partial charge < -0.3 is 63.0 Å². The number of aliphatic carboxylic acids is 3. The first kappa shape index (κ1) is 57.5. The van der Waals surface area contributed by atoms with E-state index in [1.54, 1.807) is 49.9 Å². The van der Waals surface area contributed by atoms with Crippen molar-refractivity contribution in [3.05, 3.63) is 47.5 Å². The number of carbonyl (C=O) groups is 8. The fourth-order valence-electron chi connectivity index (χ4n) is 9.53. The highest BCUT2D eigenvalue weighted by atomic mass is 16.4. The van der Waals surface area contributed by atoms with Gasteiger partial charge in [0.25, 0.3) is 11.8 Å². The summed E-state index contributed by atoms with van der Waals surface area (Å²) >= 11 is 0. The Balaban J connectivity index is 1.13. The molecule has 5 rings (SSSR count). The van der Waals surface area contributed by atoms with Crippen molar-refractivity contribution in [1.29, 1.82) is 0 Å². The lowest BCUT2D eigenvalue weighted by atomic mass is 9.78. The minimum Gasteiger partial charge on any atom is -0.480 e. The third kappa shape index (κ3) is 17.3. The third-order valence-corrected chi connectivity index (χ3v) is 13.5. The number of nitrogens with one attached hydrogen (secondary N) is 4. The van der Waals surface area contributed by atoms with Gasteiger partial charge in [-0.2, -0.15) is 0 Å². The Morgan fingerprint density at radius 1 is 0.699 bits per heavy atom. The van der Waals surface area contributed by atoms with Gasteiger partial charge in [-0.3, -0.25) is 62.9 Å². The predicted molar refractivity (Wildman–Crippen MR) is 268 cm³/mol. The molecule has 5 amide bonds. The number of rotatable bonds is 24. The second-order valence-electron chi connectivity index (χ2n) is 18.9. The van der Waals surface area contributed by atoms with E-state index in [0.29, 0.717) is 74.4 Å². The number of hydrogen-bond donors (Lipinski definition) is 11. The molecule has 0 aromatic heterocycles. The first-order valence-electron chi connectivity index (χ1n) is 24.7. The summed E-state index contributed by atoms with van der Waals surface area (Å²) < 4.78 is 0. The molecule has 26 heteroatoms. The molecule has 1 saturated carbocycles. The molecule has 4 atom stereocenters. The van der Waals surface area contributed by atoms with E-state index >= 15 is 0 Å². The fraction of sp³-hybridized carbons (Fsp3) is 0.596. The Morgan fingerprint density at radius 2 is 1.19 bits per heavy atom. The van der Waals surface area contributed by atoms with Crippen molar-refractivity contribution in [1.82, 2.24) is 45.8 Å². The van der Waals surface area contributed by atoms with Gasteiger partial charge in [0.1, 0.15) is 11.6 Å². The number of amides is 5. The lowest BCUT2D eigenvalue weighted by Gasteiger charge is -2.33. The predicted octanol–water partition coefficient (Wildman–Crippen LogP) is -3.01. The molecule has 3 aliphatic rings. The smallest absolute Gasteiger partial charge is 0.475 e. The second kappa shape index (κ2) is 27.6. The van der Waals surface area contributed by atoms with Crippen LogP contribution in [-0.2, 0) is 28.8 Å². The summed E-state index contributed by atoms with van der Waals surface area (Å²) in [7, 11) is -1.68. The Labute approximate surface area is 423 Å². The summed E-state index contributed by atoms with van der Waals surface area (Å²) in [6.07, 6.45) is 3.55. The van der Waals surface area contributed by atoms with E-state index in [1.165, 1.54) is 17.9 Å². The molecular weight excluding hydrogens is 951 g/mol. The van der Waals surface area contributed by atoms with Crippen LogP contribution >= 0.6 is 0 Å². The fourth-order valence-corrected chi connectivity index (χ4v) is 9.53. The molecule has 2 saturated heterocycles. The van der Waals surface area contributed by atoms with E-state index in [4.69, 9.17) is 11.5 Å². The van der Waals surface area contributed by atoms with Gasteiger partial charge in [0.15, 0.2) is 5.96 Å². The van der Waals surface area contributed by atoms with Crippen LogP contribution in [0.4, 0.5) is 0 Å². The van der Waals surface area contributed by atoms with Crippen LogP contribution in [-0.4, -0.2) is 233 Å². The van der Waals surface area contributed by atoms with E-state index in [2.05, 4.69) is 26.3 Å². The third-order valence-electron chi connectivity index (χ3n) is 13.5. The van der Waals surface area contributed by atoms with Gasteiger partial charge in [-0.05, 0) is 80.7 Å². The molecule has 13 N–H and O–H groups in total. The minimum absolute atomic E-state index is 0.110. The molecule has 0 bridgehead atoms. The number of aliphatic imine (C=N–C) groups is 1. The molecule has 25 nitrogen and oxygen atoms in total. The van der Waals surface area contributed by atoms with Gasteiger partial charge in [-0.1, -0.05) is 24.3 Å². The summed E-state index contributed by atoms with van der Waals surface area (Å²) in [5.74, 6) is -6.50. The molecule has 2 aromatic carbocycles. The number of carboxylic acid groups (broad SMARTS) is 3. The summed E-state index contributed by atoms with van der Waals surface area (Å²) in [5, 5.41) is 60.6. The number of fused-ring (bicyclic) bond motifs is 1. The molecule has 2 unspecified atom stereocenters. The molecule has 2 heterocycles. The molecule has 1 aliphatic carbocycles. The van der Waals surface area contributed by atoms with Gasteiger partial charge >= 0.3 is 25.0 Å². The van der Waals surface area contributed by atoms with E-state index in [-0.39, 0.29) is 121 Å². The Bertz CT molecular complexity index is 2290. The number of carbonyl (C=O) groups excluding carboxylic acids is 5. The molecule has 400 valence electrons. The molecule has 2 aromatic rings. The maximum atomic E-state index is 13.9. The number of unbranched alkanes of at least 4 members (excludes halogenated alkanes) is 2. The highest BCUT2D eigenvalue weighted by Crippen LogP contribution is 2.46. The van der Waals surface area contributed by atoms with Gasteiger partial charge in [0.2, 0.25) is 17.7 Å². The topological polar surface area (TPSA) is 366 Å². The van der Waals surface area contributed by atoms with Gasteiger partial charge in [0, 0.05) is 89.7 Å². The van der Waals surface area contributed by atoms with Crippen molar-refractivity contribution < 1.29 is 63.7 Å². The Hall–Kier alpha value is -6.45. The van der Waals surface area contributed by atoms with Crippen molar-refractivity contribution in [2.24, 2.45) is 22.4 Å². The van der Waals surface area contributed by atoms with Crippen molar-refractivity contribution in [2.45, 2.75) is 69.4 Å². The molecule has 3 fully saturated rings. The van der Waals surface area contributed by atoms with Gasteiger partial charge in [-0.25, -0.2) is 0 Å². The van der Waals surface area contributed by atoms with Crippen LogP contribution in [0.3, 0.4) is 0 Å². The molecular formula is C47H71BN12O13. The SMILES string of the molecule is C[C@@H](NC(=O)c1ccc(C(=O)NCCCCCNC(=O)C2(NC(=O)CN3CCN(CC(=O)O)CCN(CC(=O)O)CCN(CC(=O)O)CC3)CC2CCN=C(N)N)c2ccccc12)C(=O)N1CCC[C@H]1B(O)O. The van der Waals surface area contributed by atoms with Crippen molar-refractivity contribution in [2.75, 3.05) is 105 Å². The van der Waals surface area contributed by atoms with Crippen LogP contribution in [0.25, 0.3) is 10.8 Å². The zero-order valence-electron chi connectivity index (χ0n) is 41.4. The highest BCUT2D eigenvalue weighted by molar-refractivity contribution is 6.43. The molecule has 2 aliphatic heterocycles. The van der Waals surface area contributed by atoms with E-state index in [1.807, 2.05) is 0 Å². The Kier molecular flexibility index (Phi) is 21.7. The van der Waals surface area contributed by atoms with Gasteiger partial charge in [-0.15, -0.1) is 0 Å². The lowest BCUT2D eigenvalue weighted by molar-refractivity contribution is -0.140. The highest BCUT2D eigenvalue weighted by Gasteiger charge is 2.60. The maximum Gasteiger partial charge on any atom is 0.475 e. The molecule has 0 radical (unpaired) electrons. The van der Waals surface area contributed by atoms with Crippen LogP contribution in [0, 0.1) is 5.92 Å². The quantitative estimate of drug-likeness (QED) is 0.0216. The van der Waals surface area contributed by atoms with Crippen LogP contribution < -0.4 is 32.7 Å². The zero-order valence-corrected chi connectivity index (χ0v) is 41.4. The maximum absolute atomic E-state index is 13.9. The normalized spacial score (nSPS) is 20.7. The van der Waals surface area contributed by atoms with E-state index in [0.717, 1.165) is 0 Å². The zero-order chi connectivity index (χ0) is 53.2. The van der Waals surface area contributed by atoms with Crippen LogP contribution in [0.2, 0.25) is 0 Å². The largest absolute Gasteiger partial charge is 0.480 e. The number of guanidine groups is 1. The van der Waals surface area contributed by atoms with E-state index < -0.39 is 60.3 Å². The Morgan fingerprint density at radius 3 is 1.68 bits per heavy atom. The number of carboxylic acids is 3. The van der Waals surface area contributed by atoms with Gasteiger partial charge in [0.05, 0.1) is 32.1 Å². The first-order chi connectivity index (χ1) is 34.8. The van der Waals surface area contributed by atoms with E-state index in [9.17, 15) is 63.7 Å². The minimum atomic E-state index is -1.68. The summed E-state index contributed by atoms with van der Waals surface area (Å²) in [4.78, 5) is 115. The average molecular weight is 1020 g/mol. The number of benzene rings is 2. The summed E-state index contributed by atoms with van der Waals surface area (Å²) in [6.45, 7) is 3.37. The molecule has 0 spiro atoms. The van der Waals surface area contributed by atoms with Crippen LogP contribution in [0.5, 0.6) is 0 Å². The summed E-state index contributed by atoms with van der Waals surface area (Å²) in [6, 6.07) is 9.06. The van der Waals surface area contributed by atoms with Crippen LogP contribution in [0.1, 0.15) is 72.6 Å². The molecule has 73 heavy (non-hydrogen) atoms. The van der Waals surface area contributed by atoms with Crippen molar-refractivity contribution in [3.8, 4) is 0 Å². The monoisotopic (exact) mass is 1020 g/mol. The average Bonchev–Trinajstić information content (AvgIpc) is 3.77. The van der Waals surface area contributed by atoms with Crippen molar-refractivity contribution in [3.63, 3.8) is 0 Å². The number of likely N-dealkylation sites (tertiary alicyclic amines) is 1. The van der Waals surface area contributed by atoms with Crippen molar-refractivity contribution >= 4 is 71.3 Å². The number of nitrogens with two attached hydrogens (primary N) is 2. The standard InChI is InChI=1S/C47H71BN12O13/c1-31(44(70)60-17-7-10-37(60)48(72)73)54-43(69)36-12-11-35(33-8-3-4-9-34(33)36)42(68)51-14-5-2-6-15-52-45(71)47(26-32(47)13-16-53-46(49)50)55-38(61)27-56-18-20-57(28-39(62)63)22-24-59(30-41(66)67)25-23-58(21-19-56)29-40(64)65/h3-4,8-9,11-12,31-32,37,72-73H,2,5-7,10,13-30H2,1H3,(H,51,68)(H,52,71)(H,54,69)(H,55,61)(H,62,63)(H,64,65)(H,66,67)(H4,49,50,53)/t31-,32?,37+,47?/m1/s1. The lowest BCUT2D eigenvalue weighted by Crippen LogP contribution is -2.54. The number of hydrogen-bond acceptors (Lipinski definition) is 15. The summed E-state index contributed by atoms with van der Waals surface area (Å²) in [5.41, 5.74) is 10.4.